The van der Waals surface area contributed by atoms with E-state index in [0.29, 0.717) is 43.9 Å². The van der Waals surface area contributed by atoms with E-state index in [4.69, 9.17) is 9.47 Å². The zero-order valence-electron chi connectivity index (χ0n) is 27.2. The van der Waals surface area contributed by atoms with Crippen molar-refractivity contribution in [1.82, 2.24) is 9.80 Å². The highest BCUT2D eigenvalue weighted by molar-refractivity contribution is 6.03. The molecule has 1 aromatic rings. The highest BCUT2D eigenvalue weighted by Crippen LogP contribution is 2.59. The summed E-state index contributed by atoms with van der Waals surface area (Å²) in [7, 11) is 0. The van der Waals surface area contributed by atoms with Crippen LogP contribution >= 0.6 is 0 Å². The Morgan fingerprint density at radius 3 is 2.38 bits per heavy atom. The first kappa shape index (κ1) is 33.2. The van der Waals surface area contributed by atoms with Crippen molar-refractivity contribution in [3.63, 3.8) is 0 Å². The minimum Gasteiger partial charge on any atom is -0.494 e. The number of hydrogen-bond acceptors (Lipinski definition) is 6. The number of anilines is 1. The summed E-state index contributed by atoms with van der Waals surface area (Å²) < 4.78 is 12.4. The number of nitrogens with zero attached hydrogens (tertiary/aromatic N) is 3. The van der Waals surface area contributed by atoms with Gasteiger partial charge >= 0.3 is 0 Å². The molecule has 3 saturated heterocycles. The van der Waals surface area contributed by atoms with Gasteiger partial charge in [-0.2, -0.15) is 0 Å². The molecule has 3 aliphatic heterocycles. The Bertz CT molecular complexity index is 1240. The van der Waals surface area contributed by atoms with E-state index in [2.05, 4.69) is 13.2 Å². The van der Waals surface area contributed by atoms with Gasteiger partial charge in [-0.3, -0.25) is 14.4 Å². The molecule has 6 atom stereocenters. The van der Waals surface area contributed by atoms with Crippen LogP contribution in [0.2, 0.25) is 0 Å². The van der Waals surface area contributed by atoms with E-state index in [-0.39, 0.29) is 42.8 Å². The molecule has 9 heteroatoms. The number of rotatable bonds is 14. The molecule has 3 heterocycles. The van der Waals surface area contributed by atoms with Crippen molar-refractivity contribution in [3.05, 3.63) is 49.6 Å². The van der Waals surface area contributed by atoms with Crippen LogP contribution < -0.4 is 9.64 Å². The first-order valence-electron chi connectivity index (χ1n) is 16.9. The third-order valence-corrected chi connectivity index (χ3v) is 10.3. The Hall–Kier alpha value is -3.17. The molecule has 4 aliphatic rings. The fourth-order valence-electron chi connectivity index (χ4n) is 8.49. The third kappa shape index (κ3) is 6.06. The van der Waals surface area contributed by atoms with Gasteiger partial charge in [-0.05, 0) is 69.2 Å². The van der Waals surface area contributed by atoms with Crippen LogP contribution in [0.4, 0.5) is 5.69 Å². The van der Waals surface area contributed by atoms with Crippen LogP contribution in [0.3, 0.4) is 0 Å². The number of aliphatic hydroxyl groups is 1. The molecule has 0 radical (unpaired) electrons. The predicted octanol–water partition coefficient (Wildman–Crippen LogP) is 4.73. The largest absolute Gasteiger partial charge is 0.494 e. The van der Waals surface area contributed by atoms with Crippen molar-refractivity contribution in [1.29, 1.82) is 0 Å². The first-order chi connectivity index (χ1) is 21.7. The maximum Gasteiger partial charge on any atom is 0.248 e. The van der Waals surface area contributed by atoms with E-state index in [1.807, 2.05) is 49.9 Å². The van der Waals surface area contributed by atoms with E-state index in [9.17, 15) is 19.5 Å². The van der Waals surface area contributed by atoms with Gasteiger partial charge in [0.25, 0.3) is 0 Å². The summed E-state index contributed by atoms with van der Waals surface area (Å²) in [5, 5.41) is 10.6. The van der Waals surface area contributed by atoms with Crippen LogP contribution in [0.1, 0.15) is 72.1 Å². The fourth-order valence-corrected chi connectivity index (χ4v) is 8.49. The molecule has 9 nitrogen and oxygen atoms in total. The molecule has 1 aromatic carbocycles. The molecule has 1 saturated carbocycles. The number of carbonyl (C=O) groups excluding carboxylic acids is 3. The highest BCUT2D eigenvalue weighted by Gasteiger charge is 2.75. The molecule has 1 spiro atoms. The van der Waals surface area contributed by atoms with E-state index in [1.54, 1.807) is 22.0 Å². The quantitative estimate of drug-likeness (QED) is 0.302. The van der Waals surface area contributed by atoms with Gasteiger partial charge in [0.05, 0.1) is 37.2 Å². The number of carbonyl (C=O) groups is 3. The topological polar surface area (TPSA) is 99.6 Å². The molecule has 5 rings (SSSR count). The lowest BCUT2D eigenvalue weighted by Crippen LogP contribution is -2.60. The highest BCUT2D eigenvalue weighted by atomic mass is 16.5. The van der Waals surface area contributed by atoms with Crippen molar-refractivity contribution < 1.29 is 29.0 Å². The summed E-state index contributed by atoms with van der Waals surface area (Å²) in [5.74, 6) is -1.30. The van der Waals surface area contributed by atoms with Crippen molar-refractivity contribution in [2.45, 2.75) is 102 Å². The van der Waals surface area contributed by atoms with Crippen LogP contribution in [0.5, 0.6) is 5.75 Å². The van der Waals surface area contributed by atoms with Gasteiger partial charge in [0.2, 0.25) is 17.7 Å². The maximum absolute atomic E-state index is 14.8. The Labute approximate surface area is 268 Å². The van der Waals surface area contributed by atoms with Gasteiger partial charge in [-0.1, -0.05) is 45.3 Å². The van der Waals surface area contributed by atoms with Gasteiger partial charge in [0.15, 0.2) is 0 Å². The van der Waals surface area contributed by atoms with Crippen molar-refractivity contribution in [2.75, 3.05) is 31.2 Å². The van der Waals surface area contributed by atoms with Crippen molar-refractivity contribution in [2.24, 2.45) is 17.8 Å². The molecule has 3 amide bonds. The minimum absolute atomic E-state index is 0.0631. The maximum atomic E-state index is 14.8. The summed E-state index contributed by atoms with van der Waals surface area (Å²) in [6.45, 7) is 14.8. The number of benzene rings is 1. The fraction of sp³-hybridized carbons (Fsp3) is 0.639. The molecule has 0 aromatic heterocycles. The van der Waals surface area contributed by atoms with Crippen LogP contribution in [0.15, 0.2) is 49.6 Å². The van der Waals surface area contributed by atoms with Crippen molar-refractivity contribution >= 4 is 23.4 Å². The second kappa shape index (κ2) is 14.1. The zero-order chi connectivity index (χ0) is 32.3. The lowest BCUT2D eigenvalue weighted by atomic mass is 9.70. The first-order valence-corrected chi connectivity index (χ1v) is 16.9. The van der Waals surface area contributed by atoms with Gasteiger partial charge in [0, 0.05) is 24.8 Å². The van der Waals surface area contributed by atoms with E-state index in [0.717, 1.165) is 32.1 Å². The minimum atomic E-state index is -1.13. The SMILES string of the molecule is C=CCN(C(=O)[C@@H]1[C@@H]2CCC3(O2)C(C(=O)N(CC=C)C2CCCCC2)N([C@@H](CO)CC(C)C)C(=O)[C@H]13)c1ccc(OCC)cc1. The summed E-state index contributed by atoms with van der Waals surface area (Å²) >= 11 is 0. The average molecular weight is 622 g/mol. The lowest BCUT2D eigenvalue weighted by molar-refractivity contribution is -0.153. The van der Waals surface area contributed by atoms with Crippen LogP contribution in [-0.2, 0) is 19.1 Å². The Kier molecular flexibility index (Phi) is 10.4. The number of amides is 3. The number of aliphatic hydroxyl groups excluding tert-OH is 1. The van der Waals surface area contributed by atoms with Crippen LogP contribution in [0.25, 0.3) is 0 Å². The van der Waals surface area contributed by atoms with Gasteiger partial charge in [-0.15, -0.1) is 13.2 Å². The molecule has 4 fully saturated rings. The molecular formula is C36H51N3O6. The van der Waals surface area contributed by atoms with E-state index >= 15 is 0 Å². The molecule has 2 bridgehead atoms. The Balaban J connectivity index is 1.55. The standard InChI is InChI=1S/C36H51N3O6/c1-6-20-37(26-14-16-28(17-15-26)44-8-3)33(41)30-29-18-19-36(45-29)31(30)34(42)39(27(23-40)22-24(4)5)32(36)35(43)38(21-7-2)25-12-10-9-11-13-25/h6-7,14-17,24-25,27,29-32,40H,1-2,8-13,18-23H2,3-5H3/t27-,29+,30-,31+,32?,36?/m1/s1. The summed E-state index contributed by atoms with van der Waals surface area (Å²) in [5.41, 5.74) is -0.450. The summed E-state index contributed by atoms with van der Waals surface area (Å²) in [6, 6.07) is 5.93. The van der Waals surface area contributed by atoms with Crippen LogP contribution in [0, 0.1) is 17.8 Å². The monoisotopic (exact) mass is 621 g/mol. The molecular weight excluding hydrogens is 570 g/mol. The molecule has 1 N–H and O–H groups in total. The average Bonchev–Trinajstić information content (AvgIpc) is 3.69. The normalized spacial score (nSPS) is 28.2. The lowest BCUT2D eigenvalue weighted by Gasteiger charge is -2.42. The van der Waals surface area contributed by atoms with Crippen LogP contribution in [-0.4, -0.2) is 88.8 Å². The van der Waals surface area contributed by atoms with Gasteiger partial charge in [0.1, 0.15) is 17.4 Å². The second-order valence-electron chi connectivity index (χ2n) is 13.5. The zero-order valence-corrected chi connectivity index (χ0v) is 27.2. The van der Waals surface area contributed by atoms with Gasteiger partial charge in [-0.25, -0.2) is 0 Å². The number of likely N-dealkylation sites (tertiary alicyclic amines) is 1. The number of fused-ring (bicyclic) bond motifs is 1. The van der Waals surface area contributed by atoms with Crippen molar-refractivity contribution in [3.8, 4) is 5.75 Å². The number of hydrogen-bond donors (Lipinski definition) is 1. The van der Waals surface area contributed by atoms with E-state index in [1.165, 1.54) is 0 Å². The molecule has 246 valence electrons. The Morgan fingerprint density at radius 2 is 1.78 bits per heavy atom. The predicted molar refractivity (Wildman–Crippen MR) is 174 cm³/mol. The summed E-state index contributed by atoms with van der Waals surface area (Å²) in [4.78, 5) is 49.3. The smallest absolute Gasteiger partial charge is 0.248 e. The molecule has 45 heavy (non-hydrogen) atoms. The molecule has 1 aliphatic carbocycles. The van der Waals surface area contributed by atoms with E-state index < -0.39 is 35.6 Å². The van der Waals surface area contributed by atoms with Gasteiger partial charge < -0.3 is 29.3 Å². The molecule has 2 unspecified atom stereocenters. The number of ether oxygens (including phenoxy) is 2. The Morgan fingerprint density at radius 1 is 1.09 bits per heavy atom. The second-order valence-corrected chi connectivity index (χ2v) is 13.5. The summed E-state index contributed by atoms with van der Waals surface area (Å²) in [6.07, 6.45) is 9.68. The third-order valence-electron chi connectivity index (χ3n) is 10.3.